The molecule has 1 atom stereocenters. The Bertz CT molecular complexity index is 655. The molecule has 0 aliphatic carbocycles. The molecule has 1 saturated heterocycles. The maximum atomic E-state index is 12.4. The van der Waals surface area contributed by atoms with Crippen molar-refractivity contribution in [2.45, 2.75) is 30.7 Å². The summed E-state index contributed by atoms with van der Waals surface area (Å²) in [4.78, 5) is 10.1. The molecule has 0 saturated carbocycles. The van der Waals surface area contributed by atoms with Crippen molar-refractivity contribution in [3.05, 3.63) is 27.8 Å². The van der Waals surface area contributed by atoms with E-state index in [1.165, 1.54) is 6.07 Å². The van der Waals surface area contributed by atoms with Gasteiger partial charge in [0, 0.05) is 17.9 Å². The van der Waals surface area contributed by atoms with E-state index < -0.39 is 14.9 Å². The van der Waals surface area contributed by atoms with Crippen LogP contribution < -0.4 is 10.5 Å². The fraction of sp³-hybridized carbons (Fsp3) is 0.500. The molecular formula is C12H17N3O4S2. The van der Waals surface area contributed by atoms with Crippen LogP contribution in [-0.2, 0) is 10.0 Å². The Morgan fingerprint density at radius 1 is 1.48 bits per heavy atom. The van der Waals surface area contributed by atoms with Gasteiger partial charge in [-0.05, 0) is 37.1 Å². The number of nitro benzene ring substituents is 1. The number of hydrogen-bond donors (Lipinski definition) is 2. The first kappa shape index (κ1) is 16.1. The van der Waals surface area contributed by atoms with Crippen molar-refractivity contribution in [2.24, 2.45) is 0 Å². The van der Waals surface area contributed by atoms with E-state index in [-0.39, 0.29) is 22.3 Å². The molecule has 21 heavy (non-hydrogen) atoms. The number of nitrogen functional groups attached to an aromatic ring is 1. The summed E-state index contributed by atoms with van der Waals surface area (Å²) < 4.78 is 27.5. The van der Waals surface area contributed by atoms with Gasteiger partial charge in [-0.15, -0.1) is 0 Å². The topological polar surface area (TPSA) is 115 Å². The number of nitro groups is 1. The van der Waals surface area contributed by atoms with Crippen molar-refractivity contribution in [3.8, 4) is 0 Å². The molecule has 0 spiro atoms. The molecule has 1 heterocycles. The lowest BCUT2D eigenvalue weighted by atomic mass is 10.2. The van der Waals surface area contributed by atoms with Crippen molar-refractivity contribution in [1.29, 1.82) is 0 Å². The predicted molar refractivity (Wildman–Crippen MR) is 82.9 cm³/mol. The van der Waals surface area contributed by atoms with E-state index in [4.69, 9.17) is 5.73 Å². The van der Waals surface area contributed by atoms with Crippen LogP contribution in [-0.4, -0.2) is 30.9 Å². The molecule has 1 unspecified atom stereocenters. The second-order valence-electron chi connectivity index (χ2n) is 4.97. The molecule has 1 aliphatic rings. The quantitative estimate of drug-likeness (QED) is 0.492. The average molecular weight is 331 g/mol. The second kappa shape index (κ2) is 6.20. The largest absolute Gasteiger partial charge is 0.393 e. The van der Waals surface area contributed by atoms with Gasteiger partial charge in [0.1, 0.15) is 5.69 Å². The van der Waals surface area contributed by atoms with Crippen LogP contribution in [0.15, 0.2) is 17.0 Å². The maximum Gasteiger partial charge on any atom is 0.293 e. The van der Waals surface area contributed by atoms with Crippen molar-refractivity contribution < 1.29 is 13.3 Å². The van der Waals surface area contributed by atoms with Gasteiger partial charge in [0.15, 0.2) is 0 Å². The Balaban J connectivity index is 2.34. The van der Waals surface area contributed by atoms with Gasteiger partial charge in [-0.1, -0.05) is 0 Å². The van der Waals surface area contributed by atoms with Crippen LogP contribution in [0.1, 0.15) is 18.4 Å². The maximum absolute atomic E-state index is 12.4. The highest BCUT2D eigenvalue weighted by Crippen LogP contribution is 2.29. The summed E-state index contributed by atoms with van der Waals surface area (Å²) in [5, 5.41) is 10.9. The highest BCUT2D eigenvalue weighted by molar-refractivity contribution is 7.99. The van der Waals surface area contributed by atoms with Crippen molar-refractivity contribution in [2.75, 3.05) is 17.2 Å². The van der Waals surface area contributed by atoms with Gasteiger partial charge < -0.3 is 5.73 Å². The smallest absolute Gasteiger partial charge is 0.293 e. The van der Waals surface area contributed by atoms with Gasteiger partial charge in [0.05, 0.1) is 9.82 Å². The first-order valence-electron chi connectivity index (χ1n) is 6.46. The number of rotatable bonds is 4. The van der Waals surface area contributed by atoms with E-state index in [1.54, 1.807) is 18.7 Å². The standard InChI is InChI=1S/C12H17N3O4S2/c1-8-5-10(13)11(15(16)17)6-12(8)21(18,19)14-9-3-2-4-20-7-9/h5-6,9,14H,2-4,7,13H2,1H3. The number of sulfonamides is 1. The van der Waals surface area contributed by atoms with E-state index in [9.17, 15) is 18.5 Å². The summed E-state index contributed by atoms with van der Waals surface area (Å²) in [5.74, 6) is 1.75. The Labute approximate surface area is 127 Å². The molecule has 1 fully saturated rings. The molecule has 116 valence electrons. The Morgan fingerprint density at radius 2 is 2.19 bits per heavy atom. The molecule has 1 aromatic carbocycles. The summed E-state index contributed by atoms with van der Waals surface area (Å²) in [5.41, 5.74) is 5.53. The molecule has 1 aliphatic heterocycles. The Morgan fingerprint density at radius 3 is 2.76 bits per heavy atom. The molecule has 1 aromatic rings. The van der Waals surface area contributed by atoms with Crippen LogP contribution in [0.25, 0.3) is 0 Å². The van der Waals surface area contributed by atoms with Crippen molar-refractivity contribution in [1.82, 2.24) is 4.72 Å². The zero-order chi connectivity index (χ0) is 15.6. The van der Waals surface area contributed by atoms with Crippen molar-refractivity contribution >= 4 is 33.2 Å². The summed E-state index contributed by atoms with van der Waals surface area (Å²) >= 11 is 1.70. The highest BCUT2D eigenvalue weighted by atomic mass is 32.2. The lowest BCUT2D eigenvalue weighted by molar-refractivity contribution is -0.384. The number of thioether (sulfide) groups is 1. The van der Waals surface area contributed by atoms with Gasteiger partial charge in [-0.2, -0.15) is 11.8 Å². The van der Waals surface area contributed by atoms with E-state index in [0.717, 1.165) is 30.4 Å². The second-order valence-corrected chi connectivity index (χ2v) is 7.80. The van der Waals surface area contributed by atoms with E-state index in [1.807, 2.05) is 0 Å². The van der Waals surface area contributed by atoms with Crippen LogP contribution in [0.3, 0.4) is 0 Å². The molecule has 2 rings (SSSR count). The predicted octanol–water partition coefficient (Wildman–Crippen LogP) is 1.66. The Kier molecular flexibility index (Phi) is 4.74. The monoisotopic (exact) mass is 331 g/mol. The number of nitrogens with one attached hydrogen (secondary N) is 1. The number of aryl methyl sites for hydroxylation is 1. The molecule has 7 nitrogen and oxygen atoms in total. The van der Waals surface area contributed by atoms with Crippen LogP contribution in [0.5, 0.6) is 0 Å². The van der Waals surface area contributed by atoms with E-state index >= 15 is 0 Å². The average Bonchev–Trinajstić information content (AvgIpc) is 2.38. The van der Waals surface area contributed by atoms with Gasteiger partial charge >= 0.3 is 0 Å². The lowest BCUT2D eigenvalue weighted by Gasteiger charge is -2.22. The number of nitrogens with zero attached hydrogens (tertiary/aromatic N) is 1. The summed E-state index contributed by atoms with van der Waals surface area (Å²) in [7, 11) is -3.79. The zero-order valence-electron chi connectivity index (χ0n) is 11.5. The fourth-order valence-electron chi connectivity index (χ4n) is 2.26. The first-order chi connectivity index (χ1) is 9.81. The van der Waals surface area contributed by atoms with Crippen LogP contribution >= 0.6 is 11.8 Å². The van der Waals surface area contributed by atoms with Crippen molar-refractivity contribution in [3.63, 3.8) is 0 Å². The minimum absolute atomic E-state index is 0.0373. The number of anilines is 1. The molecule has 0 radical (unpaired) electrons. The van der Waals surface area contributed by atoms with Gasteiger partial charge in [-0.25, -0.2) is 13.1 Å². The molecule has 0 aromatic heterocycles. The van der Waals surface area contributed by atoms with E-state index in [0.29, 0.717) is 5.56 Å². The summed E-state index contributed by atoms with van der Waals surface area (Å²) in [6.07, 6.45) is 1.74. The van der Waals surface area contributed by atoms with Gasteiger partial charge in [-0.3, -0.25) is 10.1 Å². The highest BCUT2D eigenvalue weighted by Gasteiger charge is 2.26. The van der Waals surface area contributed by atoms with Crippen LogP contribution in [0, 0.1) is 17.0 Å². The fourth-order valence-corrected chi connectivity index (χ4v) is 4.96. The molecule has 9 heteroatoms. The van der Waals surface area contributed by atoms with E-state index in [2.05, 4.69) is 4.72 Å². The SMILES string of the molecule is Cc1cc(N)c([N+](=O)[O-])cc1S(=O)(=O)NC1CCCSC1. The third-order valence-corrected chi connectivity index (χ3v) is 6.17. The normalized spacial score (nSPS) is 19.4. The van der Waals surface area contributed by atoms with Crippen LogP contribution in [0.2, 0.25) is 0 Å². The minimum Gasteiger partial charge on any atom is -0.393 e. The Hall–Kier alpha value is -1.32. The first-order valence-corrected chi connectivity index (χ1v) is 9.09. The minimum atomic E-state index is -3.79. The molecule has 3 N–H and O–H groups in total. The van der Waals surface area contributed by atoms with Gasteiger partial charge in [0.2, 0.25) is 10.0 Å². The van der Waals surface area contributed by atoms with Gasteiger partial charge in [0.25, 0.3) is 5.69 Å². The number of hydrogen-bond acceptors (Lipinski definition) is 6. The third-order valence-electron chi connectivity index (χ3n) is 3.29. The lowest BCUT2D eigenvalue weighted by Crippen LogP contribution is -2.38. The number of nitrogens with two attached hydrogens (primary N) is 1. The zero-order valence-corrected chi connectivity index (χ0v) is 13.2. The number of benzene rings is 1. The van der Waals surface area contributed by atoms with Crippen LogP contribution in [0.4, 0.5) is 11.4 Å². The summed E-state index contributed by atoms with van der Waals surface area (Å²) in [6.45, 7) is 1.57. The molecular weight excluding hydrogens is 314 g/mol. The molecule has 0 bridgehead atoms. The summed E-state index contributed by atoms with van der Waals surface area (Å²) in [6, 6.07) is 2.22. The molecule has 0 amide bonds. The third kappa shape index (κ3) is 3.66.